The number of nitrogens with zero attached hydrogens (tertiary/aromatic N) is 2. The summed E-state index contributed by atoms with van der Waals surface area (Å²) in [6.07, 6.45) is 3.27. The van der Waals surface area contributed by atoms with Gasteiger partial charge in [0.15, 0.2) is 0 Å². The molecule has 0 saturated heterocycles. The molecule has 2 rings (SSSR count). The number of hydrogen-bond acceptors (Lipinski definition) is 6. The lowest BCUT2D eigenvalue weighted by Crippen LogP contribution is -2.41. The zero-order valence-electron chi connectivity index (χ0n) is 14.3. The van der Waals surface area contributed by atoms with E-state index in [0.29, 0.717) is 42.3 Å². The molecule has 0 unspecified atom stereocenters. The van der Waals surface area contributed by atoms with Crippen molar-refractivity contribution in [2.75, 3.05) is 12.0 Å². The third-order valence-corrected chi connectivity index (χ3v) is 4.25. The second-order valence-electron chi connectivity index (χ2n) is 5.61. The summed E-state index contributed by atoms with van der Waals surface area (Å²) in [7, 11) is 0. The molecular formula is C17H20FN3O4S. The van der Waals surface area contributed by atoms with E-state index in [2.05, 4.69) is 15.5 Å². The van der Waals surface area contributed by atoms with Crippen LogP contribution in [-0.4, -0.2) is 45.2 Å². The van der Waals surface area contributed by atoms with Crippen LogP contribution in [0, 0.1) is 5.82 Å². The minimum atomic E-state index is -1.03. The highest BCUT2D eigenvalue weighted by Gasteiger charge is 2.19. The predicted octanol–water partition coefficient (Wildman–Crippen LogP) is 2.52. The Kier molecular flexibility index (Phi) is 7.58. The summed E-state index contributed by atoms with van der Waals surface area (Å²) >= 11 is 1.53. The minimum absolute atomic E-state index is 0.164. The molecule has 1 aromatic carbocycles. The molecule has 26 heavy (non-hydrogen) atoms. The number of carboxylic acid groups (broad SMARTS) is 1. The normalized spacial score (nSPS) is 11.9. The van der Waals surface area contributed by atoms with Crippen molar-refractivity contribution in [3.63, 3.8) is 0 Å². The van der Waals surface area contributed by atoms with E-state index in [1.54, 1.807) is 12.1 Å². The molecule has 1 amide bonds. The fourth-order valence-electron chi connectivity index (χ4n) is 2.23. The quantitative estimate of drug-likeness (QED) is 0.651. The topological polar surface area (TPSA) is 105 Å². The van der Waals surface area contributed by atoms with Crippen LogP contribution in [0.2, 0.25) is 0 Å². The summed E-state index contributed by atoms with van der Waals surface area (Å²) in [6, 6.07) is 4.86. The molecule has 2 N–H and O–H groups in total. The van der Waals surface area contributed by atoms with Gasteiger partial charge in [-0.3, -0.25) is 4.79 Å². The van der Waals surface area contributed by atoms with Crippen molar-refractivity contribution in [3.05, 3.63) is 36.0 Å². The standard InChI is InChI=1S/C17H20FN3O4S/c1-26-10-9-13(17(23)24)19-14(22)3-2-4-15-20-16(21-25-15)11-5-7-12(18)8-6-11/h5-8,13H,2-4,9-10H2,1H3,(H,19,22)(H,23,24)/t13-/m1/s1. The number of amides is 1. The first-order valence-electron chi connectivity index (χ1n) is 8.09. The second kappa shape index (κ2) is 9.91. The van der Waals surface area contributed by atoms with Crippen LogP contribution in [0.1, 0.15) is 25.2 Å². The Balaban J connectivity index is 1.79. The highest BCUT2D eigenvalue weighted by atomic mass is 32.2. The highest BCUT2D eigenvalue weighted by Crippen LogP contribution is 2.16. The van der Waals surface area contributed by atoms with Crippen molar-refractivity contribution >= 4 is 23.6 Å². The lowest BCUT2D eigenvalue weighted by molar-refractivity contribution is -0.141. The average molecular weight is 381 g/mol. The van der Waals surface area contributed by atoms with Gasteiger partial charge in [0.1, 0.15) is 11.9 Å². The maximum Gasteiger partial charge on any atom is 0.326 e. The molecule has 2 aromatic rings. The predicted molar refractivity (Wildman–Crippen MR) is 95.2 cm³/mol. The molecule has 7 nitrogen and oxygen atoms in total. The van der Waals surface area contributed by atoms with Crippen LogP contribution in [0.25, 0.3) is 11.4 Å². The maximum atomic E-state index is 12.9. The van der Waals surface area contributed by atoms with Crippen molar-refractivity contribution < 1.29 is 23.6 Å². The smallest absolute Gasteiger partial charge is 0.326 e. The van der Waals surface area contributed by atoms with E-state index in [4.69, 9.17) is 9.63 Å². The van der Waals surface area contributed by atoms with E-state index in [1.807, 2.05) is 6.26 Å². The molecule has 140 valence electrons. The van der Waals surface area contributed by atoms with Gasteiger partial charge in [0.05, 0.1) is 0 Å². The Bertz CT molecular complexity index is 736. The number of rotatable bonds is 10. The summed E-state index contributed by atoms with van der Waals surface area (Å²) in [6.45, 7) is 0. The Labute approximate surface area is 154 Å². The van der Waals surface area contributed by atoms with Crippen LogP contribution in [-0.2, 0) is 16.0 Å². The Hall–Kier alpha value is -2.42. The molecular weight excluding hydrogens is 361 g/mol. The maximum absolute atomic E-state index is 12.9. The van der Waals surface area contributed by atoms with E-state index in [0.717, 1.165) is 0 Å². The zero-order valence-corrected chi connectivity index (χ0v) is 15.1. The number of carbonyl (C=O) groups is 2. The Morgan fingerprint density at radius 1 is 1.35 bits per heavy atom. The van der Waals surface area contributed by atoms with E-state index < -0.39 is 12.0 Å². The number of aromatic nitrogens is 2. The Morgan fingerprint density at radius 3 is 2.73 bits per heavy atom. The van der Waals surface area contributed by atoms with Gasteiger partial charge < -0.3 is 14.9 Å². The van der Waals surface area contributed by atoms with Gasteiger partial charge in [-0.25, -0.2) is 9.18 Å². The van der Waals surface area contributed by atoms with Crippen molar-refractivity contribution in [1.82, 2.24) is 15.5 Å². The molecule has 0 bridgehead atoms. The summed E-state index contributed by atoms with van der Waals surface area (Å²) in [5.41, 5.74) is 0.636. The van der Waals surface area contributed by atoms with E-state index in [-0.39, 0.29) is 18.1 Å². The first-order chi connectivity index (χ1) is 12.5. The van der Waals surface area contributed by atoms with E-state index in [1.165, 1.54) is 23.9 Å². The van der Waals surface area contributed by atoms with Gasteiger partial charge in [-0.15, -0.1) is 0 Å². The van der Waals surface area contributed by atoms with Gasteiger partial charge >= 0.3 is 5.97 Å². The second-order valence-corrected chi connectivity index (χ2v) is 6.60. The summed E-state index contributed by atoms with van der Waals surface area (Å²) in [5.74, 6) is -0.321. The van der Waals surface area contributed by atoms with Gasteiger partial charge in [-0.1, -0.05) is 5.16 Å². The van der Waals surface area contributed by atoms with Gasteiger partial charge in [-0.05, 0) is 49.1 Å². The largest absolute Gasteiger partial charge is 0.480 e. The van der Waals surface area contributed by atoms with Gasteiger partial charge in [0, 0.05) is 18.4 Å². The van der Waals surface area contributed by atoms with E-state index in [9.17, 15) is 14.0 Å². The number of carbonyl (C=O) groups excluding carboxylic acids is 1. The molecule has 0 aliphatic heterocycles. The molecule has 0 aliphatic rings. The fourth-order valence-corrected chi connectivity index (χ4v) is 2.70. The molecule has 1 heterocycles. The van der Waals surface area contributed by atoms with Crippen LogP contribution >= 0.6 is 11.8 Å². The number of carboxylic acids is 1. The van der Waals surface area contributed by atoms with Gasteiger partial charge in [0.25, 0.3) is 0 Å². The molecule has 0 aliphatic carbocycles. The summed E-state index contributed by atoms with van der Waals surface area (Å²) in [5, 5.41) is 15.4. The lowest BCUT2D eigenvalue weighted by Gasteiger charge is -2.13. The number of benzene rings is 1. The van der Waals surface area contributed by atoms with Gasteiger partial charge in [-0.2, -0.15) is 16.7 Å². The number of nitrogens with one attached hydrogen (secondary N) is 1. The number of aliphatic carboxylic acids is 1. The number of halogens is 1. The average Bonchev–Trinajstić information content (AvgIpc) is 3.08. The number of aryl methyl sites for hydroxylation is 1. The number of hydrogen-bond donors (Lipinski definition) is 2. The van der Waals surface area contributed by atoms with Crippen molar-refractivity contribution in [1.29, 1.82) is 0 Å². The Morgan fingerprint density at radius 2 is 2.08 bits per heavy atom. The molecule has 0 spiro atoms. The van der Waals surface area contributed by atoms with Crippen LogP contribution in [0.5, 0.6) is 0 Å². The first-order valence-corrected chi connectivity index (χ1v) is 9.48. The molecule has 1 aromatic heterocycles. The van der Waals surface area contributed by atoms with Crippen LogP contribution in [0.15, 0.2) is 28.8 Å². The fraction of sp³-hybridized carbons (Fsp3) is 0.412. The molecule has 0 radical (unpaired) electrons. The molecule has 9 heteroatoms. The SMILES string of the molecule is CSCC[C@@H](NC(=O)CCCc1nc(-c2ccc(F)cc2)no1)C(=O)O. The third kappa shape index (κ3) is 6.14. The van der Waals surface area contributed by atoms with Gasteiger partial charge in [0.2, 0.25) is 17.6 Å². The minimum Gasteiger partial charge on any atom is -0.480 e. The van der Waals surface area contributed by atoms with Crippen LogP contribution in [0.4, 0.5) is 4.39 Å². The zero-order chi connectivity index (χ0) is 18.9. The lowest BCUT2D eigenvalue weighted by atomic mass is 10.2. The van der Waals surface area contributed by atoms with Crippen molar-refractivity contribution in [3.8, 4) is 11.4 Å². The molecule has 0 fully saturated rings. The van der Waals surface area contributed by atoms with Crippen LogP contribution in [0.3, 0.4) is 0 Å². The van der Waals surface area contributed by atoms with Crippen molar-refractivity contribution in [2.45, 2.75) is 31.7 Å². The monoisotopic (exact) mass is 381 g/mol. The summed E-state index contributed by atoms with van der Waals surface area (Å²) < 4.78 is 18.0. The molecule has 0 saturated carbocycles. The van der Waals surface area contributed by atoms with Crippen molar-refractivity contribution in [2.24, 2.45) is 0 Å². The highest BCUT2D eigenvalue weighted by molar-refractivity contribution is 7.98. The summed E-state index contributed by atoms with van der Waals surface area (Å²) in [4.78, 5) is 27.2. The number of thioether (sulfide) groups is 1. The van der Waals surface area contributed by atoms with Crippen LogP contribution < -0.4 is 5.32 Å². The third-order valence-electron chi connectivity index (χ3n) is 3.61. The first kappa shape index (κ1) is 19.9. The molecule has 1 atom stereocenters. The van der Waals surface area contributed by atoms with E-state index >= 15 is 0 Å².